The quantitative estimate of drug-likeness (QED) is 0.384. The number of hydrogen-bond acceptors (Lipinski definition) is 7. The Morgan fingerprint density at radius 2 is 1.94 bits per heavy atom. The lowest BCUT2D eigenvalue weighted by molar-refractivity contribution is -0.00350. The molecule has 3 aromatic heterocycles. The van der Waals surface area contributed by atoms with E-state index in [0.29, 0.717) is 26.5 Å². The minimum atomic E-state index is -1.34. The zero-order chi connectivity index (χ0) is 24.6. The lowest BCUT2D eigenvalue weighted by atomic mass is 10.1. The Labute approximate surface area is 200 Å². The van der Waals surface area contributed by atoms with Crippen molar-refractivity contribution in [2.45, 2.75) is 58.9 Å². The summed E-state index contributed by atoms with van der Waals surface area (Å²) in [6.07, 6.45) is 2.47. The molecule has 0 N–H and O–H groups in total. The highest BCUT2D eigenvalue weighted by atomic mass is 32.1. The summed E-state index contributed by atoms with van der Waals surface area (Å²) < 4.78 is 14.3. The number of benzene rings is 1. The summed E-state index contributed by atoms with van der Waals surface area (Å²) >= 11 is 1.27. The third-order valence-electron chi connectivity index (χ3n) is 5.63. The number of hydrogen-bond donors (Lipinski definition) is 0. The minimum absolute atomic E-state index is 0.0918. The number of rotatable bonds is 7. The van der Waals surface area contributed by atoms with Gasteiger partial charge in [-0.25, -0.2) is 14.3 Å². The van der Waals surface area contributed by atoms with Gasteiger partial charge in [0.05, 0.1) is 35.2 Å². The smallest absolute Gasteiger partial charge is 0.333 e. The van der Waals surface area contributed by atoms with Crippen molar-refractivity contribution < 1.29 is 9.15 Å². The zero-order valence-electron chi connectivity index (χ0n) is 19.7. The first-order chi connectivity index (χ1) is 16.2. The molecule has 3 heterocycles. The maximum absolute atomic E-state index is 13.8. The van der Waals surface area contributed by atoms with E-state index in [1.54, 1.807) is 25.3 Å². The van der Waals surface area contributed by atoms with Crippen LogP contribution in [0.1, 0.15) is 44.9 Å². The van der Waals surface area contributed by atoms with Crippen molar-refractivity contribution in [3.63, 3.8) is 0 Å². The van der Waals surface area contributed by atoms with Gasteiger partial charge in [-0.2, -0.15) is 5.26 Å². The first-order valence-corrected chi connectivity index (χ1v) is 11.8. The van der Waals surface area contributed by atoms with Gasteiger partial charge in [0, 0.05) is 0 Å². The van der Waals surface area contributed by atoms with Gasteiger partial charge in [0.2, 0.25) is 5.89 Å². The molecule has 0 amide bonds. The number of nitrogens with zero attached hydrogens (tertiary/aromatic N) is 4. The van der Waals surface area contributed by atoms with E-state index in [1.807, 2.05) is 44.2 Å². The van der Waals surface area contributed by atoms with Crippen molar-refractivity contribution in [1.29, 1.82) is 5.26 Å². The largest absolute Gasteiger partial charge is 0.444 e. The van der Waals surface area contributed by atoms with Gasteiger partial charge in [-0.05, 0) is 45.7 Å². The fourth-order valence-corrected chi connectivity index (χ4v) is 5.22. The number of oxazole rings is 1. The van der Waals surface area contributed by atoms with E-state index in [2.05, 4.69) is 11.1 Å². The monoisotopic (exact) mass is 478 g/mol. The molecule has 0 bridgehead atoms. The van der Waals surface area contributed by atoms with Gasteiger partial charge in [-0.15, -0.1) is 11.3 Å². The van der Waals surface area contributed by atoms with E-state index in [9.17, 15) is 14.9 Å². The molecule has 4 rings (SSSR count). The molecule has 34 heavy (non-hydrogen) atoms. The van der Waals surface area contributed by atoms with Crippen LogP contribution in [0, 0.1) is 18.3 Å². The van der Waals surface area contributed by atoms with Gasteiger partial charge in [0.15, 0.2) is 0 Å². The zero-order valence-corrected chi connectivity index (χ0v) is 20.5. The Hall–Kier alpha value is -3.48. The van der Waals surface area contributed by atoms with Crippen LogP contribution in [0.5, 0.6) is 0 Å². The number of thiophene rings is 1. The Morgan fingerprint density at radius 1 is 1.24 bits per heavy atom. The predicted octanol–water partition coefficient (Wildman–Crippen LogP) is 4.61. The molecule has 0 saturated carbocycles. The summed E-state index contributed by atoms with van der Waals surface area (Å²) in [6.45, 7) is 8.96. The van der Waals surface area contributed by atoms with Crippen LogP contribution in [0.3, 0.4) is 0 Å². The van der Waals surface area contributed by atoms with Crippen LogP contribution in [-0.4, -0.2) is 20.2 Å². The molecule has 1 aromatic carbocycles. The molecule has 4 aromatic rings. The summed E-state index contributed by atoms with van der Waals surface area (Å²) in [5.41, 5.74) is -0.838. The first-order valence-electron chi connectivity index (χ1n) is 11.0. The lowest BCUT2D eigenvalue weighted by Crippen LogP contribution is -2.48. The fourth-order valence-electron chi connectivity index (χ4n) is 3.98. The van der Waals surface area contributed by atoms with E-state index in [4.69, 9.17) is 9.15 Å². The highest BCUT2D eigenvalue weighted by Crippen LogP contribution is 2.36. The van der Waals surface area contributed by atoms with Gasteiger partial charge in [-0.3, -0.25) is 9.36 Å². The average Bonchev–Trinajstić information content (AvgIpc) is 3.44. The predicted molar refractivity (Wildman–Crippen MR) is 131 cm³/mol. The molecule has 9 heteroatoms. The number of aromatic nitrogens is 3. The molecule has 176 valence electrons. The highest BCUT2D eigenvalue weighted by molar-refractivity contribution is 7.22. The molecule has 8 nitrogen and oxygen atoms in total. The summed E-state index contributed by atoms with van der Waals surface area (Å²) in [4.78, 5) is 32.7. The maximum Gasteiger partial charge on any atom is 0.333 e. The SMILES string of the molecule is Cc1c(-c2ncco2)sc2c1c(=O)n(C(C)(C)C#N)c(=O)n2C[C@@H](OC(C)C)c1ccccc1. The number of fused-ring (bicyclic) bond motifs is 1. The third-order valence-corrected chi connectivity index (χ3v) is 6.93. The van der Waals surface area contributed by atoms with Gasteiger partial charge >= 0.3 is 5.69 Å². The molecular weight excluding hydrogens is 452 g/mol. The van der Waals surface area contributed by atoms with Crippen LogP contribution in [0.15, 0.2) is 56.8 Å². The Balaban J connectivity index is 2.03. The summed E-state index contributed by atoms with van der Waals surface area (Å²) in [6, 6.07) is 11.7. The summed E-state index contributed by atoms with van der Waals surface area (Å²) in [5.74, 6) is 0.376. The van der Waals surface area contributed by atoms with Crippen molar-refractivity contribution in [2.24, 2.45) is 0 Å². The molecule has 0 aliphatic heterocycles. The van der Waals surface area contributed by atoms with E-state index in [-0.39, 0.29) is 12.6 Å². The molecule has 0 aliphatic rings. The van der Waals surface area contributed by atoms with Crippen LogP contribution in [0.4, 0.5) is 0 Å². The Morgan fingerprint density at radius 3 is 2.53 bits per heavy atom. The Bertz CT molecular complexity index is 1470. The van der Waals surface area contributed by atoms with Crippen LogP contribution in [0.2, 0.25) is 0 Å². The van der Waals surface area contributed by atoms with Crippen LogP contribution in [0.25, 0.3) is 21.0 Å². The Kier molecular flexibility index (Phi) is 6.30. The van der Waals surface area contributed by atoms with Gasteiger partial charge in [-0.1, -0.05) is 30.3 Å². The molecule has 0 radical (unpaired) electrons. The second-order valence-electron chi connectivity index (χ2n) is 8.86. The van der Waals surface area contributed by atoms with Crippen LogP contribution in [-0.2, 0) is 16.8 Å². The van der Waals surface area contributed by atoms with Crippen molar-refractivity contribution in [2.75, 3.05) is 0 Å². The molecule has 0 spiro atoms. The van der Waals surface area contributed by atoms with E-state index in [1.165, 1.54) is 23.8 Å². The fraction of sp³-hybridized carbons (Fsp3) is 0.360. The molecule has 0 saturated heterocycles. The van der Waals surface area contributed by atoms with Crippen LogP contribution < -0.4 is 11.2 Å². The van der Waals surface area contributed by atoms with E-state index in [0.717, 1.165) is 10.1 Å². The van der Waals surface area contributed by atoms with Gasteiger partial charge in [0.25, 0.3) is 5.56 Å². The maximum atomic E-state index is 13.8. The normalized spacial score (nSPS) is 12.9. The van der Waals surface area contributed by atoms with E-state index >= 15 is 0 Å². The van der Waals surface area contributed by atoms with E-state index < -0.39 is 22.9 Å². The first kappa shape index (κ1) is 23.7. The second-order valence-corrected chi connectivity index (χ2v) is 9.86. The average molecular weight is 479 g/mol. The van der Waals surface area contributed by atoms with Crippen LogP contribution >= 0.6 is 11.3 Å². The molecular formula is C25H26N4O4S. The minimum Gasteiger partial charge on any atom is -0.444 e. The van der Waals surface area contributed by atoms with Crippen molar-refractivity contribution >= 4 is 21.6 Å². The highest BCUT2D eigenvalue weighted by Gasteiger charge is 2.30. The molecule has 1 atom stereocenters. The summed E-state index contributed by atoms with van der Waals surface area (Å²) in [7, 11) is 0. The number of ether oxygens (including phenoxy) is 1. The second kappa shape index (κ2) is 9.05. The van der Waals surface area contributed by atoms with Crippen molar-refractivity contribution in [1.82, 2.24) is 14.1 Å². The van der Waals surface area contributed by atoms with Crippen molar-refractivity contribution in [3.8, 4) is 16.8 Å². The number of aryl methyl sites for hydroxylation is 1. The lowest BCUT2D eigenvalue weighted by Gasteiger charge is -2.25. The third kappa shape index (κ3) is 4.11. The summed E-state index contributed by atoms with van der Waals surface area (Å²) in [5, 5.41) is 10.1. The van der Waals surface area contributed by atoms with Gasteiger partial charge < -0.3 is 9.15 Å². The standard InChI is InChI=1S/C25H26N4O4S/c1-15(2)33-18(17-9-7-6-8-10-17)13-28-23-19(16(3)20(34-23)21-27-11-12-32-21)22(30)29(24(28)31)25(4,5)14-26/h6-12,15,18H,13H2,1-5H3/t18-/m1/s1. The number of nitriles is 1. The van der Waals surface area contributed by atoms with Gasteiger partial charge in [0.1, 0.15) is 22.7 Å². The molecule has 0 fully saturated rings. The van der Waals surface area contributed by atoms with Crippen molar-refractivity contribution in [3.05, 3.63) is 74.8 Å². The topological polar surface area (TPSA) is 103 Å². The molecule has 0 unspecified atom stereocenters. The molecule has 0 aliphatic carbocycles.